The molecule has 0 nitrogen and oxygen atoms in total. The summed E-state index contributed by atoms with van der Waals surface area (Å²) in [5.41, 5.74) is 4.20. The molecule has 2 aromatic carbocycles. The van der Waals surface area contributed by atoms with Crippen molar-refractivity contribution in [2.45, 2.75) is 12.8 Å². The summed E-state index contributed by atoms with van der Waals surface area (Å²) in [5.74, 6) is 0. The van der Waals surface area contributed by atoms with Crippen LogP contribution in [0.25, 0.3) is 16.8 Å². The van der Waals surface area contributed by atoms with Crippen LogP contribution in [0, 0.1) is 0 Å². The van der Waals surface area contributed by atoms with Crippen molar-refractivity contribution >= 4 is 16.8 Å². The van der Waals surface area contributed by atoms with Gasteiger partial charge in [0, 0.05) is 0 Å². The predicted molar refractivity (Wildman–Crippen MR) is 70.4 cm³/mol. The molecule has 0 aromatic heterocycles. The molecule has 16 heavy (non-hydrogen) atoms. The van der Waals surface area contributed by atoms with Crippen LogP contribution < -0.4 is 0 Å². The lowest BCUT2D eigenvalue weighted by molar-refractivity contribution is 0.961. The minimum absolute atomic E-state index is 1.12. The first kappa shape index (κ1) is 9.41. The largest absolute Gasteiger partial charge is 0.0988 e. The van der Waals surface area contributed by atoms with Crippen LogP contribution in [0.15, 0.2) is 54.6 Å². The number of rotatable bonds is 1. The Bertz CT molecular complexity index is 588. The van der Waals surface area contributed by atoms with E-state index in [2.05, 4.69) is 49.1 Å². The monoisotopic (exact) mass is 206 g/mol. The molecule has 0 amide bonds. The van der Waals surface area contributed by atoms with Gasteiger partial charge in [-0.2, -0.15) is 0 Å². The number of benzene rings is 2. The highest BCUT2D eigenvalue weighted by Crippen LogP contribution is 2.30. The second-order valence-corrected chi connectivity index (χ2v) is 4.28. The summed E-state index contributed by atoms with van der Waals surface area (Å²) in [7, 11) is 0. The fourth-order valence-corrected chi connectivity index (χ4v) is 2.47. The van der Waals surface area contributed by atoms with Gasteiger partial charge in [-0.15, -0.1) is 0 Å². The molecule has 0 heterocycles. The van der Waals surface area contributed by atoms with Gasteiger partial charge in [0.2, 0.25) is 0 Å². The Morgan fingerprint density at radius 3 is 2.75 bits per heavy atom. The van der Waals surface area contributed by atoms with Crippen LogP contribution in [-0.4, -0.2) is 0 Å². The van der Waals surface area contributed by atoms with Crippen LogP contribution >= 0.6 is 0 Å². The van der Waals surface area contributed by atoms with Gasteiger partial charge in [-0.3, -0.25) is 0 Å². The molecule has 0 saturated carbocycles. The van der Waals surface area contributed by atoms with E-state index in [0.717, 1.165) is 12.8 Å². The molecule has 0 saturated heterocycles. The molecule has 0 heteroatoms. The van der Waals surface area contributed by atoms with Crippen LogP contribution in [0.4, 0.5) is 0 Å². The van der Waals surface area contributed by atoms with Crippen molar-refractivity contribution in [3.63, 3.8) is 0 Å². The highest BCUT2D eigenvalue weighted by molar-refractivity contribution is 5.89. The van der Waals surface area contributed by atoms with E-state index in [1.807, 2.05) is 6.08 Å². The fraction of sp³-hybridized carbons (Fsp3) is 0.125. The molecule has 0 bridgehead atoms. The molecule has 0 spiro atoms. The Balaban J connectivity index is 2.29. The molecular formula is C16H14. The van der Waals surface area contributed by atoms with Crippen LogP contribution in [0.3, 0.4) is 0 Å². The summed E-state index contributed by atoms with van der Waals surface area (Å²) in [4.78, 5) is 0. The van der Waals surface area contributed by atoms with Gasteiger partial charge in [-0.25, -0.2) is 0 Å². The number of allylic oxidation sites excluding steroid dienone is 2. The first-order valence-electron chi connectivity index (χ1n) is 5.72. The van der Waals surface area contributed by atoms with E-state index in [4.69, 9.17) is 0 Å². The van der Waals surface area contributed by atoms with E-state index >= 15 is 0 Å². The topological polar surface area (TPSA) is 0 Å². The minimum atomic E-state index is 1.12. The van der Waals surface area contributed by atoms with Gasteiger partial charge in [0.05, 0.1) is 0 Å². The van der Waals surface area contributed by atoms with Gasteiger partial charge in [-0.05, 0) is 40.3 Å². The molecule has 0 aliphatic heterocycles. The summed E-state index contributed by atoms with van der Waals surface area (Å²) in [5, 5.41) is 2.75. The zero-order chi connectivity index (χ0) is 11.0. The molecule has 3 rings (SSSR count). The van der Waals surface area contributed by atoms with E-state index in [0.29, 0.717) is 0 Å². The lowest BCUT2D eigenvalue weighted by atomic mass is 9.88. The number of hydrogen-bond donors (Lipinski definition) is 0. The molecule has 0 unspecified atom stereocenters. The second-order valence-electron chi connectivity index (χ2n) is 4.28. The van der Waals surface area contributed by atoms with Gasteiger partial charge < -0.3 is 0 Å². The van der Waals surface area contributed by atoms with E-state index in [-0.39, 0.29) is 0 Å². The third-order valence-electron chi connectivity index (χ3n) is 3.34. The average Bonchev–Trinajstić information content (AvgIpc) is 2.38. The van der Waals surface area contributed by atoms with Crippen molar-refractivity contribution in [1.82, 2.24) is 0 Å². The first-order valence-corrected chi connectivity index (χ1v) is 5.72. The zero-order valence-corrected chi connectivity index (χ0v) is 9.24. The Kier molecular flexibility index (Phi) is 2.14. The first-order chi connectivity index (χ1) is 7.88. The highest BCUT2D eigenvalue weighted by atomic mass is 14.2. The maximum absolute atomic E-state index is 3.85. The maximum Gasteiger partial charge on any atom is -0.0146 e. The summed E-state index contributed by atoms with van der Waals surface area (Å²) in [6.07, 6.45) is 6.48. The minimum Gasteiger partial charge on any atom is -0.0988 e. The van der Waals surface area contributed by atoms with Crippen LogP contribution in [0.2, 0.25) is 0 Å². The normalized spacial score (nSPS) is 14.4. The standard InChI is InChI=1S/C16H14/c1-2-12-7-10-16-14(11-12)9-8-13-5-3-4-6-15(13)16/h2-6,8-9,11H,1,7,10H2. The molecule has 1 aliphatic rings. The molecule has 0 radical (unpaired) electrons. The van der Waals surface area contributed by atoms with Gasteiger partial charge in [0.25, 0.3) is 0 Å². The molecule has 2 aromatic rings. The summed E-state index contributed by atoms with van der Waals surface area (Å²) < 4.78 is 0. The number of fused-ring (bicyclic) bond motifs is 3. The second kappa shape index (κ2) is 3.64. The molecule has 0 atom stereocenters. The third kappa shape index (κ3) is 1.38. The van der Waals surface area contributed by atoms with Crippen molar-refractivity contribution in [1.29, 1.82) is 0 Å². The van der Waals surface area contributed by atoms with Crippen molar-refractivity contribution in [2.75, 3.05) is 0 Å². The number of aryl methyl sites for hydroxylation is 1. The predicted octanol–water partition coefficient (Wildman–Crippen LogP) is 4.36. The van der Waals surface area contributed by atoms with E-state index in [1.54, 1.807) is 0 Å². The van der Waals surface area contributed by atoms with Crippen molar-refractivity contribution in [3.05, 3.63) is 65.8 Å². The van der Waals surface area contributed by atoms with Gasteiger partial charge in [-0.1, -0.05) is 55.1 Å². The van der Waals surface area contributed by atoms with Crippen molar-refractivity contribution < 1.29 is 0 Å². The summed E-state index contributed by atoms with van der Waals surface area (Å²) in [6.45, 7) is 3.85. The van der Waals surface area contributed by atoms with Crippen LogP contribution in [0.1, 0.15) is 17.5 Å². The zero-order valence-electron chi connectivity index (χ0n) is 9.24. The van der Waals surface area contributed by atoms with Crippen molar-refractivity contribution in [3.8, 4) is 0 Å². The Labute approximate surface area is 95.9 Å². The molecule has 78 valence electrons. The fourth-order valence-electron chi connectivity index (χ4n) is 2.47. The number of hydrogen-bond acceptors (Lipinski definition) is 0. The summed E-state index contributed by atoms with van der Waals surface area (Å²) in [6, 6.07) is 13.1. The maximum atomic E-state index is 3.85. The molecule has 0 fully saturated rings. The summed E-state index contributed by atoms with van der Waals surface area (Å²) >= 11 is 0. The van der Waals surface area contributed by atoms with Crippen LogP contribution in [0.5, 0.6) is 0 Å². The molecular weight excluding hydrogens is 192 g/mol. The Morgan fingerprint density at radius 1 is 1.00 bits per heavy atom. The lowest BCUT2D eigenvalue weighted by Gasteiger charge is -2.16. The van der Waals surface area contributed by atoms with E-state index < -0.39 is 0 Å². The van der Waals surface area contributed by atoms with E-state index in [9.17, 15) is 0 Å². The smallest absolute Gasteiger partial charge is 0.0146 e. The lowest BCUT2D eigenvalue weighted by Crippen LogP contribution is -1.98. The third-order valence-corrected chi connectivity index (χ3v) is 3.34. The van der Waals surface area contributed by atoms with Crippen molar-refractivity contribution in [2.24, 2.45) is 0 Å². The van der Waals surface area contributed by atoms with Gasteiger partial charge >= 0.3 is 0 Å². The molecule has 0 N–H and O–H groups in total. The van der Waals surface area contributed by atoms with Crippen LogP contribution in [-0.2, 0) is 6.42 Å². The Morgan fingerprint density at radius 2 is 1.88 bits per heavy atom. The van der Waals surface area contributed by atoms with Gasteiger partial charge in [0.15, 0.2) is 0 Å². The SMILES string of the molecule is C=CC1=Cc2ccc3ccccc3c2CC1. The van der Waals surface area contributed by atoms with Gasteiger partial charge in [0.1, 0.15) is 0 Å². The quantitative estimate of drug-likeness (QED) is 0.650. The Hall–Kier alpha value is -1.82. The van der Waals surface area contributed by atoms with E-state index in [1.165, 1.54) is 27.5 Å². The average molecular weight is 206 g/mol. The highest BCUT2D eigenvalue weighted by Gasteiger charge is 2.11. The molecule has 1 aliphatic carbocycles.